The van der Waals surface area contributed by atoms with E-state index in [2.05, 4.69) is 21.3 Å². The van der Waals surface area contributed by atoms with E-state index in [0.717, 1.165) is 68.7 Å². The Bertz CT molecular complexity index is 930. The van der Waals surface area contributed by atoms with Crippen LogP contribution in [0.5, 0.6) is 0 Å². The molecule has 0 radical (unpaired) electrons. The first-order valence-electron chi connectivity index (χ1n) is 10.3. The molecule has 5 rings (SSSR count). The van der Waals surface area contributed by atoms with Crippen molar-refractivity contribution < 1.29 is 4.74 Å². The van der Waals surface area contributed by atoms with Gasteiger partial charge in [0.2, 0.25) is 0 Å². The minimum atomic E-state index is 0.799. The van der Waals surface area contributed by atoms with E-state index < -0.39 is 0 Å². The lowest BCUT2D eigenvalue weighted by molar-refractivity contribution is 0.0331. The maximum atomic E-state index is 5.48. The Morgan fingerprint density at radius 3 is 2.93 bits per heavy atom. The highest BCUT2D eigenvalue weighted by atomic mass is 32.1. The Hall–Kier alpha value is -1.96. The average Bonchev–Trinajstić information content (AvgIpc) is 3.36. The zero-order chi connectivity index (χ0) is 18.8. The molecule has 0 saturated carbocycles. The van der Waals surface area contributed by atoms with E-state index in [0.29, 0.717) is 0 Å². The van der Waals surface area contributed by atoms with E-state index in [1.54, 1.807) is 0 Å². The van der Waals surface area contributed by atoms with Crippen LogP contribution in [0.3, 0.4) is 0 Å². The van der Waals surface area contributed by atoms with E-state index in [4.69, 9.17) is 14.7 Å². The highest BCUT2D eigenvalue weighted by Gasteiger charge is 2.22. The predicted octanol–water partition coefficient (Wildman–Crippen LogP) is 3.39. The SMILES string of the molecule is c1c[nH]c(CCNc2nc(CN3CCOCC3)nc3sc4c(c23)CCCC4)c1. The van der Waals surface area contributed by atoms with Gasteiger partial charge in [0.05, 0.1) is 25.1 Å². The number of nitrogens with one attached hydrogen (secondary N) is 2. The molecule has 3 aromatic heterocycles. The molecule has 28 heavy (non-hydrogen) atoms. The first-order valence-corrected chi connectivity index (χ1v) is 11.2. The minimum absolute atomic E-state index is 0.799. The summed E-state index contributed by atoms with van der Waals surface area (Å²) >= 11 is 1.88. The van der Waals surface area contributed by atoms with E-state index in [1.165, 1.54) is 40.8 Å². The van der Waals surface area contributed by atoms with Crippen LogP contribution in [0.25, 0.3) is 10.2 Å². The standard InChI is InChI=1S/C21H27N5OS/c1-2-6-17-16(5-1)19-20(23-9-7-15-4-3-8-22-15)24-18(25-21(19)28-17)14-26-10-12-27-13-11-26/h3-4,8,22H,1-2,5-7,9-14H2,(H,23,24,25). The molecule has 1 aliphatic carbocycles. The summed E-state index contributed by atoms with van der Waals surface area (Å²) in [6, 6.07) is 4.18. The van der Waals surface area contributed by atoms with Gasteiger partial charge in [0, 0.05) is 42.8 Å². The molecule has 6 nitrogen and oxygen atoms in total. The van der Waals surface area contributed by atoms with Gasteiger partial charge in [-0.05, 0) is 43.4 Å². The fraction of sp³-hybridized carbons (Fsp3) is 0.524. The molecular formula is C21H27N5OS. The van der Waals surface area contributed by atoms with Gasteiger partial charge in [0.1, 0.15) is 16.5 Å². The summed E-state index contributed by atoms with van der Waals surface area (Å²) in [7, 11) is 0. The van der Waals surface area contributed by atoms with Crippen LogP contribution in [0, 0.1) is 0 Å². The van der Waals surface area contributed by atoms with Gasteiger partial charge in [-0.2, -0.15) is 0 Å². The second-order valence-corrected chi connectivity index (χ2v) is 8.72. The molecule has 0 amide bonds. The number of thiophene rings is 1. The number of nitrogens with zero attached hydrogens (tertiary/aromatic N) is 3. The molecule has 4 heterocycles. The average molecular weight is 398 g/mol. The van der Waals surface area contributed by atoms with E-state index in [-0.39, 0.29) is 0 Å². The molecule has 2 N–H and O–H groups in total. The Morgan fingerprint density at radius 2 is 2.07 bits per heavy atom. The molecular weight excluding hydrogens is 370 g/mol. The van der Waals surface area contributed by atoms with Crippen molar-refractivity contribution in [2.24, 2.45) is 0 Å². The molecule has 2 aliphatic rings. The Labute approximate surface area is 169 Å². The van der Waals surface area contributed by atoms with Crippen LogP contribution in [0.2, 0.25) is 0 Å². The summed E-state index contributed by atoms with van der Waals surface area (Å²) in [6.45, 7) is 5.19. The maximum absolute atomic E-state index is 5.48. The first kappa shape index (κ1) is 18.1. The van der Waals surface area contributed by atoms with E-state index in [9.17, 15) is 0 Å². The molecule has 0 bridgehead atoms. The number of anilines is 1. The van der Waals surface area contributed by atoms with Crippen LogP contribution in [0.1, 0.15) is 34.8 Å². The van der Waals surface area contributed by atoms with Gasteiger partial charge < -0.3 is 15.0 Å². The van der Waals surface area contributed by atoms with E-state index >= 15 is 0 Å². The number of fused-ring (bicyclic) bond motifs is 3. The quantitative estimate of drug-likeness (QED) is 0.667. The molecule has 0 unspecified atom stereocenters. The number of morpholine rings is 1. The zero-order valence-corrected chi connectivity index (χ0v) is 17.0. The lowest BCUT2D eigenvalue weighted by Crippen LogP contribution is -2.36. The minimum Gasteiger partial charge on any atom is -0.379 e. The third-order valence-electron chi connectivity index (χ3n) is 5.68. The maximum Gasteiger partial charge on any atom is 0.146 e. The molecule has 1 saturated heterocycles. The van der Waals surface area contributed by atoms with Gasteiger partial charge >= 0.3 is 0 Å². The number of aromatic amines is 1. The number of hydrogen-bond acceptors (Lipinski definition) is 6. The van der Waals surface area contributed by atoms with Crippen LogP contribution in [-0.4, -0.2) is 52.7 Å². The van der Waals surface area contributed by atoms with Gasteiger partial charge in [-0.25, -0.2) is 9.97 Å². The Morgan fingerprint density at radius 1 is 1.18 bits per heavy atom. The van der Waals surface area contributed by atoms with Crippen molar-refractivity contribution in [1.82, 2.24) is 19.9 Å². The smallest absolute Gasteiger partial charge is 0.146 e. The summed E-state index contributed by atoms with van der Waals surface area (Å²) < 4.78 is 5.48. The fourth-order valence-corrected chi connectivity index (χ4v) is 5.48. The van der Waals surface area contributed by atoms with Gasteiger partial charge in [0.15, 0.2) is 0 Å². The number of H-pyrrole nitrogens is 1. The lowest BCUT2D eigenvalue weighted by Gasteiger charge is -2.25. The summed E-state index contributed by atoms with van der Waals surface area (Å²) in [5.74, 6) is 1.95. The summed E-state index contributed by atoms with van der Waals surface area (Å²) in [4.78, 5) is 18.3. The molecule has 148 valence electrons. The Kier molecular flexibility index (Phi) is 5.29. The molecule has 0 aromatic carbocycles. The topological polar surface area (TPSA) is 66.1 Å². The highest BCUT2D eigenvalue weighted by molar-refractivity contribution is 7.19. The summed E-state index contributed by atoms with van der Waals surface area (Å²) in [5.41, 5.74) is 2.74. The predicted molar refractivity (Wildman–Crippen MR) is 113 cm³/mol. The Balaban J connectivity index is 1.43. The number of hydrogen-bond donors (Lipinski definition) is 2. The first-order chi connectivity index (χ1) is 13.9. The van der Waals surface area contributed by atoms with Gasteiger partial charge in [-0.3, -0.25) is 4.90 Å². The number of ether oxygens (including phenoxy) is 1. The monoisotopic (exact) mass is 397 g/mol. The van der Waals surface area contributed by atoms with Gasteiger partial charge in [-0.1, -0.05) is 0 Å². The van der Waals surface area contributed by atoms with Gasteiger partial charge in [-0.15, -0.1) is 11.3 Å². The number of rotatable bonds is 6. The summed E-state index contributed by atoms with van der Waals surface area (Å²) in [5, 5.41) is 4.91. The van der Waals surface area contributed by atoms with Crippen molar-refractivity contribution in [3.05, 3.63) is 40.3 Å². The number of aryl methyl sites for hydroxylation is 2. The van der Waals surface area contributed by atoms with Crippen LogP contribution >= 0.6 is 11.3 Å². The zero-order valence-electron chi connectivity index (χ0n) is 16.2. The molecule has 7 heteroatoms. The second-order valence-electron chi connectivity index (χ2n) is 7.64. The fourth-order valence-electron chi connectivity index (χ4n) is 4.20. The molecule has 3 aromatic rings. The third kappa shape index (κ3) is 3.79. The van der Waals surface area contributed by atoms with Crippen molar-refractivity contribution in [3.8, 4) is 0 Å². The molecule has 0 atom stereocenters. The van der Waals surface area contributed by atoms with Crippen molar-refractivity contribution in [3.63, 3.8) is 0 Å². The van der Waals surface area contributed by atoms with Crippen LogP contribution in [0.15, 0.2) is 18.3 Å². The third-order valence-corrected chi connectivity index (χ3v) is 6.86. The lowest BCUT2D eigenvalue weighted by atomic mass is 9.97. The second kappa shape index (κ2) is 8.19. The normalized spacial score (nSPS) is 17.7. The van der Waals surface area contributed by atoms with Crippen LogP contribution in [-0.2, 0) is 30.5 Å². The molecule has 0 spiro atoms. The van der Waals surface area contributed by atoms with Crippen molar-refractivity contribution in [1.29, 1.82) is 0 Å². The van der Waals surface area contributed by atoms with Crippen molar-refractivity contribution in [2.75, 3.05) is 38.2 Å². The number of aromatic nitrogens is 3. The van der Waals surface area contributed by atoms with Crippen molar-refractivity contribution in [2.45, 2.75) is 38.6 Å². The highest BCUT2D eigenvalue weighted by Crippen LogP contribution is 2.38. The summed E-state index contributed by atoms with van der Waals surface area (Å²) in [6.07, 6.45) is 7.86. The van der Waals surface area contributed by atoms with Gasteiger partial charge in [0.25, 0.3) is 0 Å². The van der Waals surface area contributed by atoms with Crippen molar-refractivity contribution >= 4 is 27.4 Å². The molecule has 1 aliphatic heterocycles. The van der Waals surface area contributed by atoms with Crippen LogP contribution < -0.4 is 5.32 Å². The van der Waals surface area contributed by atoms with E-state index in [1.807, 2.05) is 23.6 Å². The molecule has 1 fully saturated rings. The largest absolute Gasteiger partial charge is 0.379 e. The van der Waals surface area contributed by atoms with Crippen LogP contribution in [0.4, 0.5) is 5.82 Å².